The van der Waals surface area contributed by atoms with Crippen molar-refractivity contribution in [2.24, 2.45) is 0 Å². The second kappa shape index (κ2) is 5.68. The lowest BCUT2D eigenvalue weighted by Crippen LogP contribution is -2.27. The molecule has 2 aromatic carbocycles. The van der Waals surface area contributed by atoms with E-state index in [-0.39, 0.29) is 11.6 Å². The van der Waals surface area contributed by atoms with Crippen molar-refractivity contribution in [1.29, 1.82) is 0 Å². The van der Waals surface area contributed by atoms with Gasteiger partial charge in [-0.2, -0.15) is 0 Å². The molecule has 0 atom stereocenters. The number of nitrogens with one attached hydrogen (secondary N) is 1. The summed E-state index contributed by atoms with van der Waals surface area (Å²) < 4.78 is 1.10. The molecular formula is C16H13IN2O3. The molecule has 0 heterocycles. The van der Waals surface area contributed by atoms with Gasteiger partial charge in [-0.3, -0.25) is 14.9 Å². The Morgan fingerprint density at radius 1 is 1.09 bits per heavy atom. The zero-order valence-corrected chi connectivity index (χ0v) is 13.7. The minimum atomic E-state index is -0.544. The number of nitro benzene ring substituents is 1. The molecule has 0 unspecified atom stereocenters. The van der Waals surface area contributed by atoms with Crippen LogP contribution in [-0.4, -0.2) is 10.8 Å². The standard InChI is InChI=1S/C16H13IN2O3/c17-12-3-5-13(6-4-12)18-15(20)16(9-10-16)11-1-7-14(8-2-11)19(21)22/h1-8H,9-10H2,(H,18,20). The van der Waals surface area contributed by atoms with Crippen LogP contribution in [0.15, 0.2) is 48.5 Å². The van der Waals surface area contributed by atoms with Crippen molar-refractivity contribution in [3.05, 3.63) is 67.8 Å². The SMILES string of the molecule is O=C(Nc1ccc(I)cc1)C1(c2ccc([N+](=O)[O-])cc2)CC1. The predicted octanol–water partition coefficient (Wildman–Crippen LogP) is 3.87. The van der Waals surface area contributed by atoms with Gasteiger partial charge in [-0.1, -0.05) is 12.1 Å². The van der Waals surface area contributed by atoms with E-state index in [1.54, 1.807) is 12.1 Å². The third-order valence-electron chi connectivity index (χ3n) is 3.92. The average Bonchev–Trinajstić information content (AvgIpc) is 3.31. The van der Waals surface area contributed by atoms with Gasteiger partial charge in [-0.25, -0.2) is 0 Å². The van der Waals surface area contributed by atoms with Crippen molar-refractivity contribution in [1.82, 2.24) is 0 Å². The van der Waals surface area contributed by atoms with E-state index in [0.717, 1.165) is 27.7 Å². The van der Waals surface area contributed by atoms with Gasteiger partial charge in [0.2, 0.25) is 5.91 Å². The molecule has 2 aromatic rings. The van der Waals surface area contributed by atoms with Crippen molar-refractivity contribution in [2.75, 3.05) is 5.32 Å². The van der Waals surface area contributed by atoms with E-state index in [1.807, 2.05) is 24.3 Å². The number of hydrogen-bond donors (Lipinski definition) is 1. The molecule has 0 bridgehead atoms. The minimum Gasteiger partial charge on any atom is -0.325 e. The Hall–Kier alpha value is -1.96. The minimum absolute atomic E-state index is 0.0394. The van der Waals surface area contributed by atoms with Gasteiger partial charge in [-0.05, 0) is 65.3 Å². The Kier molecular flexibility index (Phi) is 3.86. The first-order chi connectivity index (χ1) is 10.5. The molecule has 1 N–H and O–H groups in total. The molecule has 3 rings (SSSR count). The largest absolute Gasteiger partial charge is 0.325 e. The van der Waals surface area contributed by atoms with E-state index in [4.69, 9.17) is 0 Å². The molecule has 0 aliphatic heterocycles. The van der Waals surface area contributed by atoms with Crippen LogP contribution in [0.25, 0.3) is 0 Å². The molecular weight excluding hydrogens is 395 g/mol. The van der Waals surface area contributed by atoms with Crippen LogP contribution in [0.2, 0.25) is 0 Å². The summed E-state index contributed by atoms with van der Waals surface area (Å²) in [5.74, 6) is -0.0532. The van der Waals surface area contributed by atoms with Gasteiger partial charge >= 0.3 is 0 Å². The van der Waals surface area contributed by atoms with Crippen LogP contribution < -0.4 is 5.32 Å². The molecule has 0 radical (unpaired) electrons. The molecule has 1 amide bonds. The van der Waals surface area contributed by atoms with Gasteiger partial charge in [0.15, 0.2) is 0 Å². The number of carbonyl (C=O) groups excluding carboxylic acids is 1. The van der Waals surface area contributed by atoms with Crippen molar-refractivity contribution < 1.29 is 9.72 Å². The maximum absolute atomic E-state index is 12.6. The van der Waals surface area contributed by atoms with Gasteiger partial charge < -0.3 is 5.32 Å². The predicted molar refractivity (Wildman–Crippen MR) is 91.8 cm³/mol. The molecule has 0 saturated heterocycles. The zero-order valence-electron chi connectivity index (χ0n) is 11.6. The number of non-ortho nitro benzene ring substituents is 1. The van der Waals surface area contributed by atoms with Crippen LogP contribution in [0.3, 0.4) is 0 Å². The number of nitrogens with zero attached hydrogens (tertiary/aromatic N) is 1. The molecule has 112 valence electrons. The molecule has 22 heavy (non-hydrogen) atoms. The summed E-state index contributed by atoms with van der Waals surface area (Å²) in [5, 5.41) is 13.6. The number of halogens is 1. The van der Waals surface area contributed by atoms with Crippen LogP contribution in [0.4, 0.5) is 11.4 Å². The monoisotopic (exact) mass is 408 g/mol. The Morgan fingerprint density at radius 3 is 2.18 bits per heavy atom. The van der Waals surface area contributed by atoms with Gasteiger partial charge in [0, 0.05) is 21.4 Å². The summed E-state index contributed by atoms with van der Waals surface area (Å²) >= 11 is 2.21. The van der Waals surface area contributed by atoms with Gasteiger partial charge in [0.1, 0.15) is 0 Å². The van der Waals surface area contributed by atoms with Crippen LogP contribution in [0.5, 0.6) is 0 Å². The van der Waals surface area contributed by atoms with E-state index in [0.29, 0.717) is 0 Å². The molecule has 1 aliphatic rings. The highest BCUT2D eigenvalue weighted by atomic mass is 127. The van der Waals surface area contributed by atoms with Crippen molar-refractivity contribution in [3.63, 3.8) is 0 Å². The van der Waals surface area contributed by atoms with E-state index >= 15 is 0 Å². The molecule has 5 nitrogen and oxygen atoms in total. The lowest BCUT2D eigenvalue weighted by molar-refractivity contribution is -0.384. The van der Waals surface area contributed by atoms with Crippen LogP contribution >= 0.6 is 22.6 Å². The number of hydrogen-bond acceptors (Lipinski definition) is 3. The van der Waals surface area contributed by atoms with Crippen molar-refractivity contribution in [2.45, 2.75) is 18.3 Å². The maximum Gasteiger partial charge on any atom is 0.269 e. The third kappa shape index (κ3) is 2.83. The Morgan fingerprint density at radius 2 is 1.68 bits per heavy atom. The highest BCUT2D eigenvalue weighted by molar-refractivity contribution is 14.1. The first-order valence-electron chi connectivity index (χ1n) is 6.83. The van der Waals surface area contributed by atoms with E-state index in [1.165, 1.54) is 12.1 Å². The fourth-order valence-corrected chi connectivity index (χ4v) is 2.82. The fourth-order valence-electron chi connectivity index (χ4n) is 2.46. The molecule has 6 heteroatoms. The first kappa shape index (κ1) is 15.0. The Balaban J connectivity index is 1.79. The number of benzene rings is 2. The van der Waals surface area contributed by atoms with Gasteiger partial charge in [0.05, 0.1) is 10.3 Å². The fraction of sp³-hybridized carbons (Fsp3) is 0.188. The van der Waals surface area contributed by atoms with Crippen LogP contribution in [0, 0.1) is 13.7 Å². The average molecular weight is 408 g/mol. The van der Waals surface area contributed by atoms with Gasteiger partial charge in [0.25, 0.3) is 5.69 Å². The number of nitro groups is 1. The van der Waals surface area contributed by atoms with Gasteiger partial charge in [-0.15, -0.1) is 0 Å². The maximum atomic E-state index is 12.6. The number of rotatable bonds is 4. The first-order valence-corrected chi connectivity index (χ1v) is 7.91. The summed E-state index contributed by atoms with van der Waals surface area (Å²) in [6.07, 6.45) is 1.53. The van der Waals surface area contributed by atoms with Crippen LogP contribution in [0.1, 0.15) is 18.4 Å². The lowest BCUT2D eigenvalue weighted by Gasteiger charge is -2.15. The topological polar surface area (TPSA) is 72.2 Å². The summed E-state index contributed by atoms with van der Waals surface area (Å²) in [6, 6.07) is 13.9. The number of carbonyl (C=O) groups is 1. The van der Waals surface area contributed by atoms with Crippen LogP contribution in [-0.2, 0) is 10.2 Å². The summed E-state index contributed by atoms with van der Waals surface area (Å²) in [4.78, 5) is 22.8. The second-order valence-electron chi connectivity index (χ2n) is 5.35. The van der Waals surface area contributed by atoms with E-state index in [2.05, 4.69) is 27.9 Å². The van der Waals surface area contributed by atoms with E-state index < -0.39 is 10.3 Å². The normalized spacial score (nSPS) is 15.1. The Bertz CT molecular complexity index is 722. The van der Waals surface area contributed by atoms with Crippen molar-refractivity contribution in [3.8, 4) is 0 Å². The zero-order chi connectivity index (χ0) is 15.7. The highest BCUT2D eigenvalue weighted by Crippen LogP contribution is 2.49. The summed E-state index contributed by atoms with van der Waals surface area (Å²) in [7, 11) is 0. The quantitative estimate of drug-likeness (QED) is 0.474. The Labute approximate surface area is 141 Å². The number of anilines is 1. The highest BCUT2D eigenvalue weighted by Gasteiger charge is 2.51. The molecule has 1 aliphatic carbocycles. The molecule has 1 saturated carbocycles. The lowest BCUT2D eigenvalue weighted by atomic mass is 9.94. The van der Waals surface area contributed by atoms with E-state index in [9.17, 15) is 14.9 Å². The smallest absolute Gasteiger partial charge is 0.269 e. The molecule has 1 fully saturated rings. The number of amides is 1. The third-order valence-corrected chi connectivity index (χ3v) is 4.64. The summed E-state index contributed by atoms with van der Waals surface area (Å²) in [5.41, 5.74) is 1.09. The van der Waals surface area contributed by atoms with Crippen molar-refractivity contribution >= 4 is 39.9 Å². The second-order valence-corrected chi connectivity index (χ2v) is 6.59. The molecule has 0 aromatic heterocycles. The summed E-state index contributed by atoms with van der Waals surface area (Å²) in [6.45, 7) is 0. The molecule has 0 spiro atoms.